The quantitative estimate of drug-likeness (QED) is 0.531. The Morgan fingerprint density at radius 3 is 2.40 bits per heavy atom. The molecule has 0 unspecified atom stereocenters. The first-order chi connectivity index (χ1) is 4.66. The highest BCUT2D eigenvalue weighted by atomic mass is 35.5. The van der Waals surface area contributed by atoms with E-state index in [9.17, 15) is 4.79 Å². The lowest BCUT2D eigenvalue weighted by Crippen LogP contribution is -2.15. The molecule has 0 amide bonds. The number of ketones is 1. The van der Waals surface area contributed by atoms with Gasteiger partial charge in [0.2, 0.25) is 0 Å². The minimum atomic E-state index is -0.116. The van der Waals surface area contributed by atoms with Crippen LogP contribution in [0.2, 0.25) is 0 Å². The van der Waals surface area contributed by atoms with E-state index in [1.165, 1.54) is 0 Å². The average molecular weight is 157 g/mol. The molecule has 0 atom stereocenters. The van der Waals surface area contributed by atoms with Gasteiger partial charge in [-0.1, -0.05) is 19.1 Å². The van der Waals surface area contributed by atoms with Crippen LogP contribution < -0.4 is 0 Å². The van der Waals surface area contributed by atoms with Crippen molar-refractivity contribution in [2.75, 3.05) is 5.88 Å². The molecule has 1 nitrogen and oxygen atoms in total. The Labute approximate surface area is 65.4 Å². The van der Waals surface area contributed by atoms with Crippen molar-refractivity contribution in [1.82, 2.24) is 0 Å². The van der Waals surface area contributed by atoms with Crippen LogP contribution in [0.5, 0.6) is 0 Å². The van der Waals surface area contributed by atoms with Crippen LogP contribution in [0.1, 0.15) is 6.92 Å². The number of carbonyl (C=O) groups excluding carboxylic acids is 1. The average Bonchev–Trinajstić information content (AvgIpc) is 1.96. The van der Waals surface area contributed by atoms with Crippen molar-refractivity contribution >= 4 is 17.4 Å². The molecule has 1 aliphatic carbocycles. The Hall–Kier alpha value is -0.560. The van der Waals surface area contributed by atoms with Crippen molar-refractivity contribution in [1.29, 1.82) is 0 Å². The SMILES string of the molecule is CC1(CCl)C=CC(=O)C=C1. The second-order valence-electron chi connectivity index (χ2n) is 2.71. The minimum Gasteiger partial charge on any atom is -0.290 e. The smallest absolute Gasteiger partial charge is 0.178 e. The third kappa shape index (κ3) is 1.48. The van der Waals surface area contributed by atoms with Crippen LogP contribution in [0, 0.1) is 5.41 Å². The van der Waals surface area contributed by atoms with Gasteiger partial charge < -0.3 is 0 Å². The zero-order valence-electron chi connectivity index (χ0n) is 5.80. The first-order valence-electron chi connectivity index (χ1n) is 3.15. The number of halogens is 1. The fourth-order valence-electron chi connectivity index (χ4n) is 0.745. The summed E-state index contributed by atoms with van der Waals surface area (Å²) in [6.45, 7) is 1.99. The number of carbonyl (C=O) groups is 1. The summed E-state index contributed by atoms with van der Waals surface area (Å²) in [7, 11) is 0. The lowest BCUT2D eigenvalue weighted by molar-refractivity contribution is -0.110. The van der Waals surface area contributed by atoms with Crippen LogP contribution in [-0.4, -0.2) is 11.7 Å². The Balaban J connectivity index is 2.78. The van der Waals surface area contributed by atoms with Crippen LogP contribution in [0.25, 0.3) is 0 Å². The monoisotopic (exact) mass is 156 g/mol. The molecule has 0 spiro atoms. The van der Waals surface area contributed by atoms with E-state index in [0.717, 1.165) is 0 Å². The summed E-state index contributed by atoms with van der Waals surface area (Å²) in [5.41, 5.74) is -0.116. The van der Waals surface area contributed by atoms with Crippen molar-refractivity contribution in [3.63, 3.8) is 0 Å². The molecule has 0 N–H and O–H groups in total. The Bertz CT molecular complexity index is 187. The van der Waals surface area contributed by atoms with E-state index < -0.39 is 0 Å². The topological polar surface area (TPSA) is 17.1 Å². The summed E-state index contributed by atoms with van der Waals surface area (Å²) >= 11 is 5.66. The van der Waals surface area contributed by atoms with Gasteiger partial charge in [-0.3, -0.25) is 4.79 Å². The summed E-state index contributed by atoms with van der Waals surface area (Å²) in [5.74, 6) is 0.565. The second kappa shape index (κ2) is 2.59. The van der Waals surface area contributed by atoms with E-state index in [-0.39, 0.29) is 11.2 Å². The first-order valence-corrected chi connectivity index (χ1v) is 3.68. The number of alkyl halides is 1. The molecule has 1 rings (SSSR count). The predicted molar refractivity (Wildman–Crippen MR) is 42.1 cm³/mol. The number of allylic oxidation sites excluding steroid dienone is 4. The van der Waals surface area contributed by atoms with Crippen LogP contribution >= 0.6 is 11.6 Å². The highest BCUT2D eigenvalue weighted by Gasteiger charge is 2.18. The molecule has 2 heteroatoms. The molecule has 0 fully saturated rings. The maximum absolute atomic E-state index is 10.7. The minimum absolute atomic E-state index is 0.0441. The molecule has 0 aromatic heterocycles. The van der Waals surface area contributed by atoms with E-state index in [0.29, 0.717) is 5.88 Å². The molecule has 1 aliphatic rings. The van der Waals surface area contributed by atoms with Crippen LogP contribution in [0.3, 0.4) is 0 Å². The molecule has 10 heavy (non-hydrogen) atoms. The number of rotatable bonds is 1. The number of hydrogen-bond donors (Lipinski definition) is 0. The summed E-state index contributed by atoms with van der Waals surface area (Å²) in [5, 5.41) is 0. The van der Waals surface area contributed by atoms with E-state index in [4.69, 9.17) is 11.6 Å². The highest BCUT2D eigenvalue weighted by molar-refractivity contribution is 6.18. The van der Waals surface area contributed by atoms with Crippen molar-refractivity contribution in [3.8, 4) is 0 Å². The van der Waals surface area contributed by atoms with E-state index in [1.807, 2.05) is 19.1 Å². The highest BCUT2D eigenvalue weighted by Crippen LogP contribution is 2.24. The van der Waals surface area contributed by atoms with Gasteiger partial charge in [-0.05, 0) is 12.2 Å². The predicted octanol–water partition coefficient (Wildman–Crippen LogP) is 1.93. The molecule has 0 aromatic rings. The van der Waals surface area contributed by atoms with Gasteiger partial charge in [0.05, 0.1) is 0 Å². The van der Waals surface area contributed by atoms with Gasteiger partial charge in [0.1, 0.15) is 0 Å². The van der Waals surface area contributed by atoms with Gasteiger partial charge in [0.25, 0.3) is 0 Å². The van der Waals surface area contributed by atoms with E-state index in [2.05, 4.69) is 0 Å². The molecular formula is C8H9ClO. The van der Waals surface area contributed by atoms with E-state index in [1.54, 1.807) is 12.2 Å². The van der Waals surface area contributed by atoms with Gasteiger partial charge in [-0.15, -0.1) is 11.6 Å². The Kier molecular flexibility index (Phi) is 1.95. The van der Waals surface area contributed by atoms with Gasteiger partial charge in [-0.25, -0.2) is 0 Å². The second-order valence-corrected chi connectivity index (χ2v) is 2.98. The van der Waals surface area contributed by atoms with Crippen molar-refractivity contribution < 1.29 is 4.79 Å². The molecule has 0 aliphatic heterocycles. The molecule has 0 radical (unpaired) electrons. The molecule has 0 bridgehead atoms. The third-order valence-corrected chi connectivity index (χ3v) is 2.12. The fourth-order valence-corrected chi connectivity index (χ4v) is 0.923. The van der Waals surface area contributed by atoms with E-state index >= 15 is 0 Å². The van der Waals surface area contributed by atoms with Crippen LogP contribution in [-0.2, 0) is 4.79 Å². The molecule has 54 valence electrons. The zero-order valence-corrected chi connectivity index (χ0v) is 6.56. The summed E-state index contributed by atoms with van der Waals surface area (Å²) in [6.07, 6.45) is 6.79. The maximum Gasteiger partial charge on any atom is 0.178 e. The standard InChI is InChI=1S/C8H9ClO/c1-8(6-9)4-2-7(10)3-5-8/h2-5H,6H2,1H3. The van der Waals surface area contributed by atoms with Crippen molar-refractivity contribution in [3.05, 3.63) is 24.3 Å². The summed E-state index contributed by atoms with van der Waals surface area (Å²) in [4.78, 5) is 10.7. The lowest BCUT2D eigenvalue weighted by Gasteiger charge is -2.19. The first kappa shape index (κ1) is 7.55. The maximum atomic E-state index is 10.7. The van der Waals surface area contributed by atoms with Gasteiger partial charge in [0.15, 0.2) is 5.78 Å². The molecule has 0 saturated carbocycles. The summed E-state index contributed by atoms with van der Waals surface area (Å²) in [6, 6.07) is 0. The Morgan fingerprint density at radius 1 is 1.50 bits per heavy atom. The molecule has 0 aromatic carbocycles. The van der Waals surface area contributed by atoms with Crippen molar-refractivity contribution in [2.45, 2.75) is 6.92 Å². The fraction of sp³-hybridized carbons (Fsp3) is 0.375. The molecule has 0 heterocycles. The van der Waals surface area contributed by atoms with Crippen LogP contribution in [0.15, 0.2) is 24.3 Å². The lowest BCUT2D eigenvalue weighted by atomic mass is 9.88. The normalized spacial score (nSPS) is 21.6. The summed E-state index contributed by atoms with van der Waals surface area (Å²) < 4.78 is 0. The van der Waals surface area contributed by atoms with Gasteiger partial charge >= 0.3 is 0 Å². The molecular weight excluding hydrogens is 148 g/mol. The van der Waals surface area contributed by atoms with Crippen LogP contribution in [0.4, 0.5) is 0 Å². The largest absolute Gasteiger partial charge is 0.290 e. The zero-order chi connectivity index (χ0) is 7.61. The molecule has 0 saturated heterocycles. The van der Waals surface area contributed by atoms with Crippen molar-refractivity contribution in [2.24, 2.45) is 5.41 Å². The number of hydrogen-bond acceptors (Lipinski definition) is 1. The Morgan fingerprint density at radius 2 is 2.00 bits per heavy atom. The van der Waals surface area contributed by atoms with Gasteiger partial charge in [0, 0.05) is 11.3 Å². The van der Waals surface area contributed by atoms with Gasteiger partial charge in [-0.2, -0.15) is 0 Å². The third-order valence-electron chi connectivity index (χ3n) is 1.54.